The van der Waals surface area contributed by atoms with E-state index >= 15 is 0 Å². The number of carbonyl (C=O) groups excluding carboxylic acids is 1. The monoisotopic (exact) mass is 345 g/mol. The van der Waals surface area contributed by atoms with Gasteiger partial charge >= 0.3 is 0 Å². The molecule has 25 heavy (non-hydrogen) atoms. The fraction of sp³-hybridized carbons (Fsp3) is 0.684. The van der Waals surface area contributed by atoms with Gasteiger partial charge in [-0.15, -0.1) is 0 Å². The number of hydrogen-bond acceptors (Lipinski definition) is 5. The Morgan fingerprint density at radius 2 is 2.28 bits per heavy atom. The first-order chi connectivity index (χ1) is 12.2. The second kappa shape index (κ2) is 7.02. The van der Waals surface area contributed by atoms with E-state index in [-0.39, 0.29) is 11.3 Å². The lowest BCUT2D eigenvalue weighted by molar-refractivity contribution is 0.0396. The molecule has 3 aliphatic rings. The zero-order valence-corrected chi connectivity index (χ0v) is 14.9. The average molecular weight is 345 g/mol. The van der Waals surface area contributed by atoms with E-state index in [9.17, 15) is 4.79 Å². The van der Waals surface area contributed by atoms with Crippen LogP contribution < -0.4 is 0 Å². The number of carbonyl (C=O) groups is 1. The molecule has 4 rings (SSSR count). The van der Waals surface area contributed by atoms with Crippen LogP contribution in [-0.2, 0) is 9.47 Å². The van der Waals surface area contributed by atoms with Gasteiger partial charge in [0, 0.05) is 63.1 Å². The van der Waals surface area contributed by atoms with Crippen molar-refractivity contribution in [3.8, 4) is 0 Å². The minimum atomic E-state index is 0.106. The van der Waals surface area contributed by atoms with Crippen LogP contribution >= 0.6 is 0 Å². The Bertz CT molecular complexity index is 603. The highest BCUT2D eigenvalue weighted by molar-refractivity contribution is 5.93. The van der Waals surface area contributed by atoms with E-state index in [0.717, 1.165) is 58.8 Å². The average Bonchev–Trinajstić information content (AvgIpc) is 3.19. The standard InChI is InChI=1S/C19H27N3O3/c1-24-13-19-12-22(10-16(19)11-25-14-19)17-4-7-21(8-5-17)18(23)15-3-2-6-20-9-15/h2-3,6,9,16-17H,4-5,7-8,10-14H2,1H3/t16-,19-/m0/s1. The molecule has 0 radical (unpaired) electrons. The quantitative estimate of drug-likeness (QED) is 0.823. The number of likely N-dealkylation sites (tertiary alicyclic amines) is 2. The van der Waals surface area contributed by atoms with E-state index < -0.39 is 0 Å². The maximum atomic E-state index is 12.6. The zero-order chi connectivity index (χ0) is 17.3. The molecule has 0 bridgehead atoms. The summed E-state index contributed by atoms with van der Waals surface area (Å²) in [5.41, 5.74) is 0.866. The number of ether oxygens (including phenoxy) is 2. The van der Waals surface area contributed by atoms with E-state index in [2.05, 4.69) is 9.88 Å². The molecule has 1 aromatic heterocycles. The van der Waals surface area contributed by atoms with Gasteiger partial charge in [-0.1, -0.05) is 0 Å². The summed E-state index contributed by atoms with van der Waals surface area (Å²) in [6.45, 7) is 6.28. The van der Waals surface area contributed by atoms with Crippen LogP contribution in [0.5, 0.6) is 0 Å². The molecule has 6 nitrogen and oxygen atoms in total. The molecule has 2 atom stereocenters. The maximum Gasteiger partial charge on any atom is 0.255 e. The zero-order valence-electron chi connectivity index (χ0n) is 14.9. The fourth-order valence-electron chi connectivity index (χ4n) is 4.75. The first kappa shape index (κ1) is 16.9. The van der Waals surface area contributed by atoms with Crippen LogP contribution in [-0.4, -0.2) is 79.8 Å². The summed E-state index contributed by atoms with van der Waals surface area (Å²) in [7, 11) is 1.79. The maximum absolute atomic E-state index is 12.6. The number of piperidine rings is 1. The molecule has 1 aromatic rings. The molecule has 0 N–H and O–H groups in total. The lowest BCUT2D eigenvalue weighted by Crippen LogP contribution is -2.47. The van der Waals surface area contributed by atoms with Crippen molar-refractivity contribution in [1.29, 1.82) is 0 Å². The SMILES string of the molecule is COC[C@@]12COC[C@@H]1CN(C1CCN(C(=O)c3cccnc3)CC1)C2. The molecule has 136 valence electrons. The third kappa shape index (κ3) is 3.18. The summed E-state index contributed by atoms with van der Waals surface area (Å²) in [5, 5.41) is 0. The van der Waals surface area contributed by atoms with E-state index in [0.29, 0.717) is 17.5 Å². The number of nitrogens with zero attached hydrogens (tertiary/aromatic N) is 3. The van der Waals surface area contributed by atoms with Crippen molar-refractivity contribution in [3.63, 3.8) is 0 Å². The summed E-state index contributed by atoms with van der Waals surface area (Å²) >= 11 is 0. The van der Waals surface area contributed by atoms with Crippen LogP contribution in [0.4, 0.5) is 0 Å². The molecule has 0 aromatic carbocycles. The number of rotatable bonds is 4. The Kier molecular flexibility index (Phi) is 4.75. The molecule has 3 saturated heterocycles. The Hall–Kier alpha value is -1.50. The van der Waals surface area contributed by atoms with Gasteiger partial charge in [0.1, 0.15) is 0 Å². The highest BCUT2D eigenvalue weighted by Crippen LogP contribution is 2.43. The summed E-state index contributed by atoms with van der Waals surface area (Å²) < 4.78 is 11.2. The topological polar surface area (TPSA) is 54.9 Å². The lowest BCUT2D eigenvalue weighted by Gasteiger charge is -2.37. The van der Waals surface area contributed by atoms with Gasteiger partial charge in [-0.25, -0.2) is 0 Å². The normalized spacial score (nSPS) is 30.6. The molecule has 6 heteroatoms. The van der Waals surface area contributed by atoms with Crippen molar-refractivity contribution in [2.24, 2.45) is 11.3 Å². The second-order valence-corrected chi connectivity index (χ2v) is 7.70. The van der Waals surface area contributed by atoms with Crippen molar-refractivity contribution in [1.82, 2.24) is 14.8 Å². The van der Waals surface area contributed by atoms with Crippen LogP contribution in [0.25, 0.3) is 0 Å². The third-order valence-electron chi connectivity index (χ3n) is 6.16. The van der Waals surface area contributed by atoms with Gasteiger partial charge in [0.05, 0.1) is 25.4 Å². The highest BCUT2D eigenvalue weighted by atomic mass is 16.5. The minimum absolute atomic E-state index is 0.106. The predicted molar refractivity (Wildman–Crippen MR) is 93.4 cm³/mol. The first-order valence-electron chi connectivity index (χ1n) is 9.22. The van der Waals surface area contributed by atoms with Crippen LogP contribution in [0, 0.1) is 11.3 Å². The van der Waals surface area contributed by atoms with E-state index in [1.165, 1.54) is 0 Å². The number of pyridine rings is 1. The summed E-state index contributed by atoms with van der Waals surface area (Å²) in [6.07, 6.45) is 5.45. The van der Waals surface area contributed by atoms with Crippen LogP contribution in [0.2, 0.25) is 0 Å². The molecule has 1 amide bonds. The molecule has 0 aliphatic carbocycles. The minimum Gasteiger partial charge on any atom is -0.384 e. The Morgan fingerprint density at radius 1 is 1.44 bits per heavy atom. The van der Waals surface area contributed by atoms with Crippen molar-refractivity contribution in [3.05, 3.63) is 30.1 Å². The van der Waals surface area contributed by atoms with Crippen LogP contribution in [0.3, 0.4) is 0 Å². The van der Waals surface area contributed by atoms with Crippen LogP contribution in [0.15, 0.2) is 24.5 Å². The third-order valence-corrected chi connectivity index (χ3v) is 6.16. The fourth-order valence-corrected chi connectivity index (χ4v) is 4.75. The molecule has 3 fully saturated rings. The number of fused-ring (bicyclic) bond motifs is 1. The summed E-state index contributed by atoms with van der Waals surface area (Å²) in [6, 6.07) is 4.23. The Morgan fingerprint density at radius 3 is 3.00 bits per heavy atom. The summed E-state index contributed by atoms with van der Waals surface area (Å²) in [4.78, 5) is 21.2. The van der Waals surface area contributed by atoms with Crippen molar-refractivity contribution in [2.45, 2.75) is 18.9 Å². The first-order valence-corrected chi connectivity index (χ1v) is 9.22. The van der Waals surface area contributed by atoms with E-state index in [1.54, 1.807) is 19.5 Å². The van der Waals surface area contributed by atoms with Gasteiger partial charge in [0.2, 0.25) is 0 Å². The number of methoxy groups -OCH3 is 1. The Labute approximate surface area is 149 Å². The van der Waals surface area contributed by atoms with Gasteiger partial charge < -0.3 is 14.4 Å². The smallest absolute Gasteiger partial charge is 0.255 e. The predicted octanol–water partition coefficient (Wildman–Crippen LogP) is 1.28. The molecule has 0 saturated carbocycles. The highest BCUT2D eigenvalue weighted by Gasteiger charge is 2.52. The van der Waals surface area contributed by atoms with Gasteiger partial charge in [-0.05, 0) is 25.0 Å². The largest absolute Gasteiger partial charge is 0.384 e. The molecular weight excluding hydrogens is 318 g/mol. The van der Waals surface area contributed by atoms with Crippen LogP contribution in [0.1, 0.15) is 23.2 Å². The van der Waals surface area contributed by atoms with E-state index in [4.69, 9.17) is 9.47 Å². The molecule has 0 unspecified atom stereocenters. The molecule has 3 aliphatic heterocycles. The molecular formula is C19H27N3O3. The Balaban J connectivity index is 1.34. The van der Waals surface area contributed by atoms with E-state index in [1.807, 2.05) is 17.0 Å². The number of aromatic nitrogens is 1. The van der Waals surface area contributed by atoms with Gasteiger partial charge in [-0.2, -0.15) is 0 Å². The molecule has 0 spiro atoms. The van der Waals surface area contributed by atoms with Crippen molar-refractivity contribution < 1.29 is 14.3 Å². The van der Waals surface area contributed by atoms with Gasteiger partial charge in [0.15, 0.2) is 0 Å². The van der Waals surface area contributed by atoms with Crippen molar-refractivity contribution >= 4 is 5.91 Å². The number of amides is 1. The second-order valence-electron chi connectivity index (χ2n) is 7.70. The van der Waals surface area contributed by atoms with Crippen molar-refractivity contribution in [2.75, 3.05) is 53.1 Å². The van der Waals surface area contributed by atoms with Gasteiger partial charge in [-0.3, -0.25) is 14.7 Å². The van der Waals surface area contributed by atoms with Gasteiger partial charge in [0.25, 0.3) is 5.91 Å². The summed E-state index contributed by atoms with van der Waals surface area (Å²) in [5.74, 6) is 0.691. The number of hydrogen-bond donors (Lipinski definition) is 0. The molecule has 4 heterocycles. The lowest BCUT2D eigenvalue weighted by atomic mass is 9.82.